The maximum Gasteiger partial charge on any atom is 0.246 e. The van der Waals surface area contributed by atoms with Crippen molar-refractivity contribution in [3.05, 3.63) is 46.5 Å². The second-order valence-corrected chi connectivity index (χ2v) is 7.79. The molecule has 26 heavy (non-hydrogen) atoms. The van der Waals surface area contributed by atoms with Crippen molar-refractivity contribution < 1.29 is 4.79 Å². The number of amides is 1. The van der Waals surface area contributed by atoms with E-state index in [1.54, 1.807) is 0 Å². The molecule has 2 aromatic rings. The summed E-state index contributed by atoms with van der Waals surface area (Å²) in [4.78, 5) is 17.2. The summed E-state index contributed by atoms with van der Waals surface area (Å²) in [6.45, 7) is 5.06. The second kappa shape index (κ2) is 7.00. The minimum atomic E-state index is -0.272. The van der Waals surface area contributed by atoms with E-state index in [2.05, 4.69) is 26.7 Å². The van der Waals surface area contributed by atoms with Crippen molar-refractivity contribution >= 4 is 17.5 Å². The van der Waals surface area contributed by atoms with Gasteiger partial charge in [0, 0.05) is 17.5 Å². The van der Waals surface area contributed by atoms with Crippen molar-refractivity contribution in [2.24, 2.45) is 0 Å². The number of likely N-dealkylation sites (tertiary alicyclic amines) is 1. The minimum Gasteiger partial charge on any atom is -0.329 e. The molecule has 3 heterocycles. The summed E-state index contributed by atoms with van der Waals surface area (Å²) >= 11 is 6.27. The number of hydrogen-bond acceptors (Lipinski definition) is 4. The van der Waals surface area contributed by atoms with Crippen molar-refractivity contribution in [3.63, 3.8) is 0 Å². The Bertz CT molecular complexity index is 812. The van der Waals surface area contributed by atoms with Gasteiger partial charge in [0.25, 0.3) is 0 Å². The maximum absolute atomic E-state index is 13.0. The molecule has 0 unspecified atom stereocenters. The van der Waals surface area contributed by atoms with Crippen molar-refractivity contribution in [1.29, 1.82) is 0 Å². The Morgan fingerprint density at radius 2 is 1.92 bits per heavy atom. The Morgan fingerprint density at radius 3 is 2.65 bits per heavy atom. The molecule has 4 rings (SSSR count). The van der Waals surface area contributed by atoms with Gasteiger partial charge in [-0.3, -0.25) is 4.79 Å². The van der Waals surface area contributed by atoms with Crippen LogP contribution in [-0.4, -0.2) is 50.6 Å². The third kappa shape index (κ3) is 3.12. The molecule has 0 radical (unpaired) electrons. The van der Waals surface area contributed by atoms with Gasteiger partial charge in [-0.1, -0.05) is 29.8 Å². The van der Waals surface area contributed by atoms with Crippen LogP contribution in [0.5, 0.6) is 0 Å². The molecule has 2 aliphatic heterocycles. The minimum absolute atomic E-state index is 0.103. The lowest BCUT2D eigenvalue weighted by atomic mass is 9.95. The van der Waals surface area contributed by atoms with E-state index >= 15 is 0 Å². The van der Waals surface area contributed by atoms with Gasteiger partial charge >= 0.3 is 0 Å². The van der Waals surface area contributed by atoms with Gasteiger partial charge in [-0.15, -0.1) is 10.2 Å². The molecule has 2 aliphatic rings. The molecule has 1 aromatic carbocycles. The normalized spacial score (nSPS) is 21.9. The predicted octanol–water partition coefficient (Wildman–Crippen LogP) is 2.84. The Balaban J connectivity index is 1.58. The maximum atomic E-state index is 13.0. The van der Waals surface area contributed by atoms with E-state index in [1.807, 2.05) is 36.1 Å². The summed E-state index contributed by atoms with van der Waals surface area (Å²) in [5, 5.41) is 9.59. The number of halogens is 1. The number of benzene rings is 1. The fourth-order valence-corrected chi connectivity index (χ4v) is 4.20. The fourth-order valence-electron chi connectivity index (χ4n) is 4.00. The van der Waals surface area contributed by atoms with Gasteiger partial charge in [0.15, 0.2) is 5.82 Å². The van der Waals surface area contributed by atoms with Gasteiger partial charge in [0.2, 0.25) is 5.91 Å². The monoisotopic (exact) mass is 373 g/mol. The van der Waals surface area contributed by atoms with Crippen molar-refractivity contribution in [2.75, 3.05) is 20.1 Å². The van der Waals surface area contributed by atoms with E-state index < -0.39 is 0 Å². The molecule has 1 amide bonds. The zero-order valence-corrected chi connectivity index (χ0v) is 16.0. The average molecular weight is 374 g/mol. The molecule has 1 aromatic heterocycles. The summed E-state index contributed by atoms with van der Waals surface area (Å²) < 4.78 is 2.07. The van der Waals surface area contributed by atoms with Crippen LogP contribution < -0.4 is 0 Å². The van der Waals surface area contributed by atoms with Crippen molar-refractivity contribution in [2.45, 2.75) is 44.8 Å². The van der Waals surface area contributed by atoms with Crippen LogP contribution in [0.3, 0.4) is 0 Å². The third-order valence-electron chi connectivity index (χ3n) is 5.58. The highest BCUT2D eigenvalue weighted by Crippen LogP contribution is 2.32. The Hall–Kier alpha value is -1.92. The summed E-state index contributed by atoms with van der Waals surface area (Å²) in [6.07, 6.45) is 2.14. The molecule has 0 N–H and O–H groups in total. The number of nitrogens with zero attached hydrogens (tertiary/aromatic N) is 5. The van der Waals surface area contributed by atoms with E-state index in [9.17, 15) is 4.79 Å². The molecule has 7 heteroatoms. The fraction of sp³-hybridized carbons (Fsp3) is 0.526. The number of hydrogen-bond donors (Lipinski definition) is 0. The lowest BCUT2D eigenvalue weighted by Crippen LogP contribution is -2.42. The van der Waals surface area contributed by atoms with E-state index in [4.69, 9.17) is 11.6 Å². The van der Waals surface area contributed by atoms with E-state index in [-0.39, 0.29) is 11.9 Å². The summed E-state index contributed by atoms with van der Waals surface area (Å²) in [5.41, 5.74) is 0.957. The highest BCUT2D eigenvalue weighted by molar-refractivity contribution is 6.31. The first kappa shape index (κ1) is 17.5. The van der Waals surface area contributed by atoms with Gasteiger partial charge in [-0.2, -0.15) is 0 Å². The molecule has 1 fully saturated rings. The number of piperidine rings is 1. The lowest BCUT2D eigenvalue weighted by Gasteiger charge is -2.34. The molecule has 1 saturated heterocycles. The van der Waals surface area contributed by atoms with Crippen LogP contribution in [0, 0.1) is 0 Å². The zero-order chi connectivity index (χ0) is 18.3. The number of fused-ring (bicyclic) bond motifs is 1. The van der Waals surface area contributed by atoms with Crippen LogP contribution in [-0.2, 0) is 17.9 Å². The van der Waals surface area contributed by atoms with Crippen LogP contribution in [0.15, 0.2) is 24.3 Å². The largest absolute Gasteiger partial charge is 0.329 e. The second-order valence-electron chi connectivity index (χ2n) is 7.38. The van der Waals surface area contributed by atoms with Gasteiger partial charge < -0.3 is 14.4 Å². The molecule has 1 atom stereocenters. The zero-order valence-electron chi connectivity index (χ0n) is 15.2. The first-order chi connectivity index (χ1) is 12.5. The quantitative estimate of drug-likeness (QED) is 0.830. The van der Waals surface area contributed by atoms with Crippen LogP contribution in [0.4, 0.5) is 0 Å². The molecule has 0 saturated carbocycles. The smallest absolute Gasteiger partial charge is 0.246 e. The standard InChI is InChI=1S/C19H24ClN5O/c1-13-19(26)24(11-15-5-3-4-6-16(15)20)12-17-21-22-18(25(13)17)14-7-9-23(2)10-8-14/h3-6,13-14H,7-12H2,1-2H3/t13-/m0/s1. The topological polar surface area (TPSA) is 54.3 Å². The van der Waals surface area contributed by atoms with E-state index in [1.165, 1.54) is 0 Å². The van der Waals surface area contributed by atoms with E-state index in [0.29, 0.717) is 24.0 Å². The van der Waals surface area contributed by atoms with Gasteiger partial charge in [0.1, 0.15) is 11.9 Å². The number of carbonyl (C=O) groups excluding carboxylic acids is 1. The molecule has 0 bridgehead atoms. The Labute approximate surface area is 158 Å². The third-order valence-corrected chi connectivity index (χ3v) is 5.95. The summed E-state index contributed by atoms with van der Waals surface area (Å²) in [7, 11) is 2.15. The van der Waals surface area contributed by atoms with Crippen molar-refractivity contribution in [1.82, 2.24) is 24.6 Å². The highest BCUT2D eigenvalue weighted by Gasteiger charge is 2.35. The molecule has 0 aliphatic carbocycles. The number of carbonyl (C=O) groups is 1. The summed E-state index contributed by atoms with van der Waals surface area (Å²) in [5.74, 6) is 2.34. The number of rotatable bonds is 3. The Morgan fingerprint density at radius 1 is 1.19 bits per heavy atom. The molecular formula is C19H24ClN5O. The van der Waals surface area contributed by atoms with Crippen LogP contribution >= 0.6 is 11.6 Å². The Kier molecular flexibility index (Phi) is 4.71. The highest BCUT2D eigenvalue weighted by atomic mass is 35.5. The number of aromatic nitrogens is 3. The first-order valence-corrected chi connectivity index (χ1v) is 9.57. The average Bonchev–Trinajstić information content (AvgIpc) is 3.06. The predicted molar refractivity (Wildman–Crippen MR) is 99.9 cm³/mol. The summed E-state index contributed by atoms with van der Waals surface area (Å²) in [6, 6.07) is 7.39. The SMILES string of the molecule is C[C@H]1C(=O)N(Cc2ccccc2Cl)Cc2nnc(C3CCN(C)CC3)n21. The van der Waals surface area contributed by atoms with Crippen LogP contribution in [0.2, 0.25) is 5.02 Å². The van der Waals surface area contributed by atoms with Gasteiger partial charge in [0.05, 0.1) is 6.54 Å². The lowest BCUT2D eigenvalue weighted by molar-refractivity contribution is -0.137. The molecule has 0 spiro atoms. The molecular weight excluding hydrogens is 350 g/mol. The first-order valence-electron chi connectivity index (χ1n) is 9.19. The van der Waals surface area contributed by atoms with Crippen LogP contribution in [0.25, 0.3) is 0 Å². The van der Waals surface area contributed by atoms with Gasteiger partial charge in [-0.05, 0) is 51.5 Å². The van der Waals surface area contributed by atoms with E-state index in [0.717, 1.165) is 43.1 Å². The van der Waals surface area contributed by atoms with Gasteiger partial charge in [-0.25, -0.2) is 0 Å². The molecule has 138 valence electrons. The molecule has 6 nitrogen and oxygen atoms in total. The van der Waals surface area contributed by atoms with Crippen molar-refractivity contribution in [3.8, 4) is 0 Å². The van der Waals surface area contributed by atoms with Crippen LogP contribution in [0.1, 0.15) is 48.9 Å².